The molecule has 0 aliphatic carbocycles. The van der Waals surface area contributed by atoms with Gasteiger partial charge in [0.25, 0.3) is 5.91 Å². The van der Waals surface area contributed by atoms with Crippen molar-refractivity contribution in [3.05, 3.63) is 17.5 Å². The van der Waals surface area contributed by atoms with Gasteiger partial charge in [0, 0.05) is 19.8 Å². The van der Waals surface area contributed by atoms with Crippen molar-refractivity contribution in [1.29, 1.82) is 0 Å². The van der Waals surface area contributed by atoms with Crippen molar-refractivity contribution >= 4 is 5.91 Å². The molecule has 0 saturated heterocycles. The van der Waals surface area contributed by atoms with Gasteiger partial charge in [0.2, 0.25) is 0 Å². The Morgan fingerprint density at radius 3 is 2.80 bits per heavy atom. The van der Waals surface area contributed by atoms with Crippen molar-refractivity contribution in [3.63, 3.8) is 0 Å². The highest BCUT2D eigenvalue weighted by Crippen LogP contribution is 2.06. The number of nitrogens with zero attached hydrogens (tertiary/aromatic N) is 2. The van der Waals surface area contributed by atoms with E-state index in [9.17, 15) is 4.79 Å². The van der Waals surface area contributed by atoms with E-state index in [1.54, 1.807) is 10.9 Å². The van der Waals surface area contributed by atoms with Gasteiger partial charge in [-0.25, -0.2) is 0 Å². The Morgan fingerprint density at radius 2 is 2.27 bits per heavy atom. The first-order valence-corrected chi connectivity index (χ1v) is 5.35. The van der Waals surface area contributed by atoms with E-state index in [1.165, 1.54) is 0 Å². The zero-order valence-corrected chi connectivity index (χ0v) is 9.87. The number of aromatic nitrogens is 2. The third-order valence-electron chi connectivity index (χ3n) is 2.16. The van der Waals surface area contributed by atoms with Crippen LogP contribution in [-0.2, 0) is 13.5 Å². The summed E-state index contributed by atoms with van der Waals surface area (Å²) in [5.74, 6) is 0.448. The summed E-state index contributed by atoms with van der Waals surface area (Å²) in [5, 5.41) is 7.13. The SMILES string of the molecule is CCc1nn(C)cc1C(=O)NCC(C)C. The van der Waals surface area contributed by atoms with Gasteiger partial charge in [-0.05, 0) is 12.3 Å². The van der Waals surface area contributed by atoms with Gasteiger partial charge in [-0.1, -0.05) is 20.8 Å². The molecule has 1 aromatic rings. The van der Waals surface area contributed by atoms with Gasteiger partial charge < -0.3 is 5.32 Å². The van der Waals surface area contributed by atoms with E-state index in [1.807, 2.05) is 14.0 Å². The maximum Gasteiger partial charge on any atom is 0.254 e. The van der Waals surface area contributed by atoms with Crippen molar-refractivity contribution in [1.82, 2.24) is 15.1 Å². The summed E-state index contributed by atoms with van der Waals surface area (Å²) >= 11 is 0. The molecule has 15 heavy (non-hydrogen) atoms. The fourth-order valence-electron chi connectivity index (χ4n) is 1.38. The molecular formula is C11H19N3O. The molecule has 0 radical (unpaired) electrons. The van der Waals surface area contributed by atoms with E-state index in [0.29, 0.717) is 18.0 Å². The monoisotopic (exact) mass is 209 g/mol. The van der Waals surface area contributed by atoms with Crippen molar-refractivity contribution in [2.75, 3.05) is 6.54 Å². The lowest BCUT2D eigenvalue weighted by atomic mass is 10.2. The van der Waals surface area contributed by atoms with Crippen LogP contribution < -0.4 is 5.32 Å². The molecule has 1 amide bonds. The first kappa shape index (κ1) is 11.8. The highest BCUT2D eigenvalue weighted by Gasteiger charge is 2.13. The number of hydrogen-bond donors (Lipinski definition) is 1. The maximum atomic E-state index is 11.8. The lowest BCUT2D eigenvalue weighted by Crippen LogP contribution is -2.27. The summed E-state index contributed by atoms with van der Waals surface area (Å²) in [6.45, 7) is 6.85. The Balaban J connectivity index is 2.72. The highest BCUT2D eigenvalue weighted by atomic mass is 16.1. The second-order valence-corrected chi connectivity index (χ2v) is 4.12. The number of hydrogen-bond acceptors (Lipinski definition) is 2. The number of aryl methyl sites for hydroxylation is 2. The first-order chi connectivity index (χ1) is 7.04. The lowest BCUT2D eigenvalue weighted by Gasteiger charge is -2.06. The smallest absolute Gasteiger partial charge is 0.254 e. The van der Waals surface area contributed by atoms with E-state index in [2.05, 4.69) is 24.3 Å². The predicted octanol–water partition coefficient (Wildman–Crippen LogP) is 1.37. The van der Waals surface area contributed by atoms with Crippen LogP contribution in [0.4, 0.5) is 0 Å². The predicted molar refractivity (Wildman–Crippen MR) is 59.8 cm³/mol. The molecule has 4 nitrogen and oxygen atoms in total. The number of nitrogens with one attached hydrogen (secondary N) is 1. The molecule has 0 bridgehead atoms. The fourth-order valence-corrected chi connectivity index (χ4v) is 1.38. The molecule has 0 unspecified atom stereocenters. The number of carbonyl (C=O) groups is 1. The maximum absolute atomic E-state index is 11.8. The number of carbonyl (C=O) groups excluding carboxylic acids is 1. The molecule has 0 spiro atoms. The van der Waals surface area contributed by atoms with Crippen LogP contribution in [0.25, 0.3) is 0 Å². The minimum atomic E-state index is -0.0198. The molecule has 1 rings (SSSR count). The molecule has 0 atom stereocenters. The van der Waals surface area contributed by atoms with Gasteiger partial charge in [-0.15, -0.1) is 0 Å². The quantitative estimate of drug-likeness (QED) is 0.814. The topological polar surface area (TPSA) is 46.9 Å². The highest BCUT2D eigenvalue weighted by molar-refractivity contribution is 5.95. The third-order valence-corrected chi connectivity index (χ3v) is 2.16. The molecule has 0 saturated carbocycles. The van der Waals surface area contributed by atoms with Gasteiger partial charge in [-0.2, -0.15) is 5.10 Å². The lowest BCUT2D eigenvalue weighted by molar-refractivity contribution is 0.0948. The molecule has 0 aliphatic rings. The van der Waals surface area contributed by atoms with Gasteiger partial charge in [0.15, 0.2) is 0 Å². The molecule has 4 heteroatoms. The Kier molecular flexibility index (Phi) is 3.88. The van der Waals surface area contributed by atoms with Gasteiger partial charge in [0.05, 0.1) is 11.3 Å². The second-order valence-electron chi connectivity index (χ2n) is 4.12. The fraction of sp³-hybridized carbons (Fsp3) is 0.636. The average Bonchev–Trinajstić information content (AvgIpc) is 2.56. The normalized spacial score (nSPS) is 10.7. The first-order valence-electron chi connectivity index (χ1n) is 5.35. The van der Waals surface area contributed by atoms with Crippen LogP contribution in [-0.4, -0.2) is 22.2 Å². The molecular weight excluding hydrogens is 190 g/mol. The van der Waals surface area contributed by atoms with Crippen LogP contribution in [0.1, 0.15) is 36.8 Å². The summed E-state index contributed by atoms with van der Waals surface area (Å²) in [4.78, 5) is 11.8. The van der Waals surface area contributed by atoms with Gasteiger partial charge in [-0.3, -0.25) is 9.48 Å². The molecule has 0 aliphatic heterocycles. The molecule has 0 fully saturated rings. The van der Waals surface area contributed by atoms with E-state index < -0.39 is 0 Å². The Hall–Kier alpha value is -1.32. The van der Waals surface area contributed by atoms with Crippen LogP contribution in [0.5, 0.6) is 0 Å². The van der Waals surface area contributed by atoms with Crippen molar-refractivity contribution in [2.45, 2.75) is 27.2 Å². The Morgan fingerprint density at radius 1 is 1.60 bits per heavy atom. The largest absolute Gasteiger partial charge is 0.352 e. The summed E-state index contributed by atoms with van der Waals surface area (Å²) in [5.41, 5.74) is 1.56. The van der Waals surface area contributed by atoms with E-state index >= 15 is 0 Å². The zero-order valence-electron chi connectivity index (χ0n) is 9.87. The second kappa shape index (κ2) is 4.96. The average molecular weight is 209 g/mol. The minimum absolute atomic E-state index is 0.0198. The van der Waals surface area contributed by atoms with E-state index in [-0.39, 0.29) is 5.91 Å². The third kappa shape index (κ3) is 3.08. The van der Waals surface area contributed by atoms with Crippen molar-refractivity contribution < 1.29 is 4.79 Å². The van der Waals surface area contributed by atoms with Crippen LogP contribution in [0, 0.1) is 5.92 Å². The molecule has 84 valence electrons. The van der Waals surface area contributed by atoms with Crippen molar-refractivity contribution in [2.24, 2.45) is 13.0 Å². The van der Waals surface area contributed by atoms with Crippen LogP contribution in [0.2, 0.25) is 0 Å². The molecule has 1 N–H and O–H groups in total. The van der Waals surface area contributed by atoms with Crippen LogP contribution >= 0.6 is 0 Å². The van der Waals surface area contributed by atoms with E-state index in [4.69, 9.17) is 0 Å². The molecule has 0 aromatic carbocycles. The summed E-state index contributed by atoms with van der Waals surface area (Å²) in [7, 11) is 1.83. The van der Waals surface area contributed by atoms with E-state index in [0.717, 1.165) is 12.1 Å². The van der Waals surface area contributed by atoms with Crippen LogP contribution in [0.15, 0.2) is 6.20 Å². The summed E-state index contributed by atoms with van der Waals surface area (Å²) < 4.78 is 1.68. The minimum Gasteiger partial charge on any atom is -0.352 e. The number of rotatable bonds is 4. The Bertz CT molecular complexity index is 342. The molecule has 1 heterocycles. The van der Waals surface area contributed by atoms with Crippen molar-refractivity contribution in [3.8, 4) is 0 Å². The van der Waals surface area contributed by atoms with Gasteiger partial charge >= 0.3 is 0 Å². The van der Waals surface area contributed by atoms with Gasteiger partial charge in [0.1, 0.15) is 0 Å². The molecule has 1 aromatic heterocycles. The Labute approximate surface area is 90.7 Å². The summed E-state index contributed by atoms with van der Waals surface area (Å²) in [6.07, 6.45) is 2.56. The summed E-state index contributed by atoms with van der Waals surface area (Å²) in [6, 6.07) is 0. The number of amides is 1. The zero-order chi connectivity index (χ0) is 11.4. The van der Waals surface area contributed by atoms with Crippen LogP contribution in [0.3, 0.4) is 0 Å². The standard InChI is InChI=1S/C11H19N3O/c1-5-10-9(7-14(4)13-10)11(15)12-6-8(2)3/h7-8H,5-6H2,1-4H3,(H,12,15).